The first-order valence-corrected chi connectivity index (χ1v) is 7.65. The van der Waals surface area contributed by atoms with Crippen molar-refractivity contribution >= 4 is 40.5 Å². The van der Waals surface area contributed by atoms with E-state index in [0.29, 0.717) is 10.9 Å². The molecule has 0 fully saturated rings. The number of carbonyl (C=O) groups is 2. The van der Waals surface area contributed by atoms with E-state index in [1.807, 2.05) is 0 Å². The molecule has 126 valence electrons. The number of halogens is 2. The van der Waals surface area contributed by atoms with E-state index >= 15 is 0 Å². The van der Waals surface area contributed by atoms with Crippen LogP contribution < -0.4 is 0 Å². The standard InChI is InChI=1S/C17H15ClFNO4/c1-3-23-16(21)13(17(22)24-4-2)9-11-7-10-8-12(19)5-6-14(10)20-15(11)18/h5-9H,3-4H2,1-2H3. The first-order chi connectivity index (χ1) is 11.5. The first kappa shape index (κ1) is 17.9. The maximum atomic E-state index is 13.4. The van der Waals surface area contributed by atoms with Crippen molar-refractivity contribution in [2.75, 3.05) is 13.2 Å². The van der Waals surface area contributed by atoms with Gasteiger partial charge in [0.1, 0.15) is 16.5 Å². The second-order valence-corrected chi connectivity index (χ2v) is 5.06. The molecule has 0 N–H and O–H groups in total. The molecule has 0 bridgehead atoms. The molecule has 0 saturated heterocycles. The van der Waals surface area contributed by atoms with Gasteiger partial charge in [0.05, 0.1) is 18.7 Å². The number of pyridine rings is 1. The van der Waals surface area contributed by atoms with Crippen LogP contribution in [0.4, 0.5) is 4.39 Å². The normalized spacial score (nSPS) is 10.3. The summed E-state index contributed by atoms with van der Waals surface area (Å²) < 4.78 is 23.1. The molecule has 0 aliphatic heterocycles. The highest BCUT2D eigenvalue weighted by molar-refractivity contribution is 6.32. The van der Waals surface area contributed by atoms with E-state index in [0.717, 1.165) is 0 Å². The number of carbonyl (C=O) groups excluding carboxylic acids is 2. The fraction of sp³-hybridized carbons (Fsp3) is 0.235. The summed E-state index contributed by atoms with van der Waals surface area (Å²) in [6.45, 7) is 3.44. The largest absolute Gasteiger partial charge is 0.462 e. The van der Waals surface area contributed by atoms with Crippen molar-refractivity contribution in [3.05, 3.63) is 46.4 Å². The zero-order valence-corrected chi connectivity index (χ0v) is 13.9. The van der Waals surface area contributed by atoms with Crippen LogP contribution in [0.1, 0.15) is 19.4 Å². The molecule has 0 unspecified atom stereocenters. The highest BCUT2D eigenvalue weighted by atomic mass is 35.5. The van der Waals surface area contributed by atoms with Crippen LogP contribution in [0.25, 0.3) is 17.0 Å². The lowest BCUT2D eigenvalue weighted by Crippen LogP contribution is -2.18. The maximum Gasteiger partial charge on any atom is 0.345 e. The fourth-order valence-electron chi connectivity index (χ4n) is 2.02. The third-order valence-electron chi connectivity index (χ3n) is 3.05. The molecular formula is C17H15ClFNO4. The lowest BCUT2D eigenvalue weighted by Gasteiger charge is -2.08. The summed E-state index contributed by atoms with van der Waals surface area (Å²) in [5.74, 6) is -2.09. The summed E-state index contributed by atoms with van der Waals surface area (Å²) in [5.41, 5.74) is 0.469. The molecule has 0 saturated carbocycles. The molecule has 2 aromatic rings. The molecular weight excluding hydrogens is 337 g/mol. The van der Waals surface area contributed by atoms with Gasteiger partial charge in [-0.25, -0.2) is 19.0 Å². The average molecular weight is 352 g/mol. The molecule has 1 aromatic carbocycles. The maximum absolute atomic E-state index is 13.4. The van der Waals surface area contributed by atoms with Crippen LogP contribution in [0.3, 0.4) is 0 Å². The number of esters is 2. The van der Waals surface area contributed by atoms with Crippen LogP contribution in [-0.4, -0.2) is 30.1 Å². The third kappa shape index (κ3) is 4.08. The van der Waals surface area contributed by atoms with E-state index in [9.17, 15) is 14.0 Å². The van der Waals surface area contributed by atoms with Gasteiger partial charge in [0.25, 0.3) is 0 Å². The number of aromatic nitrogens is 1. The summed E-state index contributed by atoms with van der Waals surface area (Å²) >= 11 is 6.10. The molecule has 1 aromatic heterocycles. The SMILES string of the molecule is CCOC(=O)C(=Cc1cc2cc(F)ccc2nc1Cl)C(=O)OCC. The van der Waals surface area contributed by atoms with Crippen LogP contribution >= 0.6 is 11.6 Å². The van der Waals surface area contributed by atoms with E-state index in [4.69, 9.17) is 21.1 Å². The molecule has 0 spiro atoms. The zero-order valence-electron chi connectivity index (χ0n) is 13.1. The Balaban J connectivity index is 2.54. The number of hydrogen-bond donors (Lipinski definition) is 0. The Labute approximate surface area is 143 Å². The number of nitrogens with zero attached hydrogens (tertiary/aromatic N) is 1. The Morgan fingerprint density at radius 3 is 2.38 bits per heavy atom. The Kier molecular flexibility index (Phi) is 5.87. The van der Waals surface area contributed by atoms with Crippen molar-refractivity contribution in [2.45, 2.75) is 13.8 Å². The smallest absolute Gasteiger partial charge is 0.345 e. The summed E-state index contributed by atoms with van der Waals surface area (Å²) in [6.07, 6.45) is 1.23. The Bertz CT molecular complexity index is 800. The van der Waals surface area contributed by atoms with Gasteiger partial charge < -0.3 is 9.47 Å². The van der Waals surface area contributed by atoms with Gasteiger partial charge in [0, 0.05) is 10.9 Å². The Morgan fingerprint density at radius 1 is 1.17 bits per heavy atom. The van der Waals surface area contributed by atoms with Crippen LogP contribution in [0.5, 0.6) is 0 Å². The predicted octanol–water partition coefficient (Wildman–Crippen LogP) is 3.54. The van der Waals surface area contributed by atoms with E-state index < -0.39 is 17.8 Å². The van der Waals surface area contributed by atoms with Crippen molar-refractivity contribution in [1.82, 2.24) is 4.98 Å². The van der Waals surface area contributed by atoms with Crippen LogP contribution in [-0.2, 0) is 19.1 Å². The lowest BCUT2D eigenvalue weighted by molar-refractivity contribution is -0.146. The summed E-state index contributed by atoms with van der Waals surface area (Å²) in [6, 6.07) is 5.57. The molecule has 7 heteroatoms. The molecule has 0 atom stereocenters. The van der Waals surface area contributed by atoms with Crippen LogP contribution in [0.2, 0.25) is 5.15 Å². The highest BCUT2D eigenvalue weighted by Gasteiger charge is 2.21. The van der Waals surface area contributed by atoms with E-state index in [-0.39, 0.29) is 29.5 Å². The minimum absolute atomic E-state index is 0.0696. The van der Waals surface area contributed by atoms with Crippen LogP contribution in [0.15, 0.2) is 29.8 Å². The van der Waals surface area contributed by atoms with Crippen molar-refractivity contribution in [3.8, 4) is 0 Å². The van der Waals surface area contributed by atoms with Gasteiger partial charge in [-0.2, -0.15) is 0 Å². The number of fused-ring (bicyclic) bond motifs is 1. The average Bonchev–Trinajstić information content (AvgIpc) is 2.53. The molecule has 0 amide bonds. The molecule has 1 heterocycles. The van der Waals surface area contributed by atoms with Gasteiger partial charge in [0.15, 0.2) is 0 Å². The minimum Gasteiger partial charge on any atom is -0.462 e. The van der Waals surface area contributed by atoms with Gasteiger partial charge in [-0.15, -0.1) is 0 Å². The van der Waals surface area contributed by atoms with Gasteiger partial charge in [-0.1, -0.05) is 11.6 Å². The Morgan fingerprint density at radius 2 is 1.79 bits per heavy atom. The zero-order chi connectivity index (χ0) is 17.7. The second-order valence-electron chi connectivity index (χ2n) is 4.70. The van der Waals surface area contributed by atoms with E-state index in [1.165, 1.54) is 30.3 Å². The van der Waals surface area contributed by atoms with Crippen molar-refractivity contribution < 1.29 is 23.5 Å². The topological polar surface area (TPSA) is 65.5 Å². The fourth-order valence-corrected chi connectivity index (χ4v) is 2.22. The van der Waals surface area contributed by atoms with Crippen molar-refractivity contribution in [1.29, 1.82) is 0 Å². The first-order valence-electron chi connectivity index (χ1n) is 7.28. The number of rotatable bonds is 5. The number of benzene rings is 1. The quantitative estimate of drug-likeness (QED) is 0.271. The van der Waals surface area contributed by atoms with Gasteiger partial charge >= 0.3 is 11.9 Å². The summed E-state index contributed by atoms with van der Waals surface area (Å²) in [5, 5.41) is 0.554. The van der Waals surface area contributed by atoms with E-state index in [2.05, 4.69) is 4.98 Å². The molecule has 0 radical (unpaired) electrons. The van der Waals surface area contributed by atoms with Gasteiger partial charge in [-0.05, 0) is 44.2 Å². The molecule has 5 nitrogen and oxygen atoms in total. The molecule has 2 rings (SSSR count). The molecule has 0 aliphatic carbocycles. The van der Waals surface area contributed by atoms with Gasteiger partial charge in [0.2, 0.25) is 0 Å². The number of hydrogen-bond acceptors (Lipinski definition) is 5. The van der Waals surface area contributed by atoms with E-state index in [1.54, 1.807) is 13.8 Å². The van der Waals surface area contributed by atoms with Crippen molar-refractivity contribution in [3.63, 3.8) is 0 Å². The van der Waals surface area contributed by atoms with Crippen LogP contribution in [0, 0.1) is 5.82 Å². The lowest BCUT2D eigenvalue weighted by atomic mass is 10.1. The minimum atomic E-state index is -0.827. The number of ether oxygens (including phenoxy) is 2. The molecule has 0 aliphatic rings. The third-order valence-corrected chi connectivity index (χ3v) is 3.35. The predicted molar refractivity (Wildman–Crippen MR) is 88.0 cm³/mol. The Hall–Kier alpha value is -2.47. The monoisotopic (exact) mass is 351 g/mol. The van der Waals surface area contributed by atoms with Gasteiger partial charge in [-0.3, -0.25) is 0 Å². The summed E-state index contributed by atoms with van der Waals surface area (Å²) in [4.78, 5) is 28.1. The molecule has 24 heavy (non-hydrogen) atoms. The summed E-state index contributed by atoms with van der Waals surface area (Å²) in [7, 11) is 0. The second kappa shape index (κ2) is 7.88. The highest BCUT2D eigenvalue weighted by Crippen LogP contribution is 2.24. The van der Waals surface area contributed by atoms with Crippen molar-refractivity contribution in [2.24, 2.45) is 0 Å².